The summed E-state index contributed by atoms with van der Waals surface area (Å²) in [6.45, 7) is 3.92. The van der Waals surface area contributed by atoms with Crippen molar-refractivity contribution in [2.24, 2.45) is 9.98 Å². The van der Waals surface area contributed by atoms with Crippen LogP contribution in [0, 0.1) is 0 Å². The molecule has 0 amide bonds. The maximum Gasteiger partial charge on any atom is 0.124 e. The number of aromatic hydroxyl groups is 2. The number of para-hydroxylation sites is 2. The number of phenols is 2. The van der Waals surface area contributed by atoms with E-state index in [0.717, 1.165) is 0 Å². The molecule has 4 nitrogen and oxygen atoms in total. The molecule has 2 rings (SSSR count). The fourth-order valence-corrected chi connectivity index (χ4v) is 1.84. The number of phenolic OH excluding ortho intramolecular Hbond substituents is 2. The molecule has 2 unspecified atom stereocenters. The maximum atomic E-state index is 9.70. The van der Waals surface area contributed by atoms with E-state index in [1.54, 1.807) is 36.7 Å². The van der Waals surface area contributed by atoms with Crippen LogP contribution in [0.15, 0.2) is 58.5 Å². The Balaban J connectivity index is 0.00000264. The standard InChI is InChI=1S/C18H20N2O2.Mn/c1-13(19-11-15-7-3-5-9-17(15)21)14(2)20-12-16-8-4-6-10-18(16)22;/h3-14,21-22H,1-2H3;. The van der Waals surface area contributed by atoms with Crippen LogP contribution in [0.25, 0.3) is 0 Å². The fourth-order valence-electron chi connectivity index (χ4n) is 1.84. The summed E-state index contributed by atoms with van der Waals surface area (Å²) < 4.78 is 0. The van der Waals surface area contributed by atoms with Gasteiger partial charge in [-0.2, -0.15) is 0 Å². The summed E-state index contributed by atoms with van der Waals surface area (Å²) in [5, 5.41) is 19.4. The Morgan fingerprint density at radius 2 is 1.09 bits per heavy atom. The molecule has 0 bridgehead atoms. The summed E-state index contributed by atoms with van der Waals surface area (Å²) >= 11 is 0. The normalized spacial score (nSPS) is 13.8. The van der Waals surface area contributed by atoms with E-state index in [4.69, 9.17) is 0 Å². The Bertz CT molecular complexity index is 627. The zero-order valence-electron chi connectivity index (χ0n) is 13.1. The van der Waals surface area contributed by atoms with E-state index in [2.05, 4.69) is 9.98 Å². The third kappa shape index (κ3) is 5.55. The minimum absolute atomic E-state index is 0. The van der Waals surface area contributed by atoms with E-state index in [0.29, 0.717) is 11.1 Å². The van der Waals surface area contributed by atoms with Crippen molar-refractivity contribution in [1.29, 1.82) is 0 Å². The molecular formula is C18H20MnN2O2. The third-order valence-electron chi connectivity index (χ3n) is 3.47. The molecule has 0 saturated heterocycles. The second-order valence-electron chi connectivity index (χ2n) is 5.16. The zero-order valence-corrected chi connectivity index (χ0v) is 14.3. The van der Waals surface area contributed by atoms with Crippen LogP contribution in [0.1, 0.15) is 25.0 Å². The molecule has 0 saturated carbocycles. The van der Waals surface area contributed by atoms with E-state index in [1.165, 1.54) is 0 Å². The molecule has 121 valence electrons. The number of benzene rings is 2. The van der Waals surface area contributed by atoms with Gasteiger partial charge in [-0.05, 0) is 38.1 Å². The number of aliphatic imine (C=N–C) groups is 2. The summed E-state index contributed by atoms with van der Waals surface area (Å²) in [5.74, 6) is 0.424. The second kappa shape index (κ2) is 9.13. The first-order chi connectivity index (χ1) is 10.6. The first kappa shape index (κ1) is 18.9. The van der Waals surface area contributed by atoms with E-state index in [1.807, 2.05) is 38.1 Å². The Morgan fingerprint density at radius 3 is 1.43 bits per heavy atom. The average molecular weight is 351 g/mol. The molecule has 5 heteroatoms. The monoisotopic (exact) mass is 351 g/mol. The Kier molecular flexibility index (Phi) is 7.52. The van der Waals surface area contributed by atoms with Crippen LogP contribution in [0.2, 0.25) is 0 Å². The molecule has 0 spiro atoms. The number of hydrogen-bond donors (Lipinski definition) is 2. The van der Waals surface area contributed by atoms with Crippen LogP contribution in [0.3, 0.4) is 0 Å². The minimum Gasteiger partial charge on any atom is -0.507 e. The van der Waals surface area contributed by atoms with Crippen LogP contribution < -0.4 is 0 Å². The van der Waals surface area contributed by atoms with Crippen molar-refractivity contribution < 1.29 is 27.3 Å². The van der Waals surface area contributed by atoms with E-state index in [9.17, 15) is 10.2 Å². The fraction of sp³-hybridized carbons (Fsp3) is 0.222. The van der Waals surface area contributed by atoms with Gasteiger partial charge >= 0.3 is 0 Å². The average Bonchev–Trinajstić information content (AvgIpc) is 2.52. The van der Waals surface area contributed by atoms with Crippen LogP contribution in [-0.4, -0.2) is 34.7 Å². The van der Waals surface area contributed by atoms with Gasteiger partial charge in [0.05, 0.1) is 12.1 Å². The predicted octanol–water partition coefficient (Wildman–Crippen LogP) is 3.41. The smallest absolute Gasteiger partial charge is 0.124 e. The molecule has 0 heterocycles. The van der Waals surface area contributed by atoms with Crippen LogP contribution in [0.4, 0.5) is 0 Å². The molecule has 23 heavy (non-hydrogen) atoms. The molecule has 2 N–H and O–H groups in total. The largest absolute Gasteiger partial charge is 0.507 e. The Labute approximate surface area is 147 Å². The molecule has 0 fully saturated rings. The first-order valence-electron chi connectivity index (χ1n) is 7.20. The van der Waals surface area contributed by atoms with Crippen LogP contribution >= 0.6 is 0 Å². The quantitative estimate of drug-likeness (QED) is 0.640. The van der Waals surface area contributed by atoms with Gasteiger partial charge in [-0.3, -0.25) is 9.98 Å². The van der Waals surface area contributed by atoms with Crippen molar-refractivity contribution in [3.05, 3.63) is 59.7 Å². The molecule has 2 aromatic carbocycles. The van der Waals surface area contributed by atoms with Gasteiger partial charge in [-0.25, -0.2) is 0 Å². The van der Waals surface area contributed by atoms with Crippen molar-refractivity contribution in [3.63, 3.8) is 0 Å². The van der Waals surface area contributed by atoms with Crippen molar-refractivity contribution in [3.8, 4) is 11.5 Å². The SMILES string of the molecule is CC(N=Cc1ccccc1O)C(C)N=Cc1ccccc1O.[Mn]. The van der Waals surface area contributed by atoms with Crippen molar-refractivity contribution in [1.82, 2.24) is 0 Å². The first-order valence-corrected chi connectivity index (χ1v) is 7.20. The molecule has 0 aliphatic carbocycles. The van der Waals surface area contributed by atoms with Crippen molar-refractivity contribution >= 4 is 12.4 Å². The molecule has 2 aromatic rings. The number of nitrogens with zero attached hydrogens (tertiary/aromatic N) is 2. The molecule has 0 aliphatic heterocycles. The van der Waals surface area contributed by atoms with Gasteiger partial charge < -0.3 is 10.2 Å². The van der Waals surface area contributed by atoms with Gasteiger partial charge in [0.25, 0.3) is 0 Å². The maximum absolute atomic E-state index is 9.70. The number of hydrogen-bond acceptors (Lipinski definition) is 4. The van der Waals surface area contributed by atoms with Gasteiger partial charge in [0.1, 0.15) is 11.5 Å². The zero-order chi connectivity index (χ0) is 15.9. The molecular weight excluding hydrogens is 331 g/mol. The van der Waals surface area contributed by atoms with E-state index >= 15 is 0 Å². The van der Waals surface area contributed by atoms with Gasteiger partial charge in [0.2, 0.25) is 0 Å². The predicted molar refractivity (Wildman–Crippen MR) is 90.3 cm³/mol. The molecule has 2 atom stereocenters. The summed E-state index contributed by atoms with van der Waals surface area (Å²) in [6.07, 6.45) is 3.32. The summed E-state index contributed by atoms with van der Waals surface area (Å²) in [6, 6.07) is 14.0. The summed E-state index contributed by atoms with van der Waals surface area (Å²) in [5.41, 5.74) is 1.37. The van der Waals surface area contributed by atoms with Gasteiger partial charge in [0.15, 0.2) is 0 Å². The Hall–Kier alpha value is -2.10. The van der Waals surface area contributed by atoms with Gasteiger partial charge in [-0.1, -0.05) is 24.3 Å². The van der Waals surface area contributed by atoms with Crippen LogP contribution in [0.5, 0.6) is 11.5 Å². The molecule has 1 radical (unpaired) electrons. The van der Waals surface area contributed by atoms with Gasteiger partial charge in [-0.15, -0.1) is 0 Å². The number of rotatable bonds is 5. The van der Waals surface area contributed by atoms with E-state index < -0.39 is 0 Å². The molecule has 0 aromatic heterocycles. The molecule has 0 aliphatic rings. The van der Waals surface area contributed by atoms with Crippen molar-refractivity contribution in [2.45, 2.75) is 25.9 Å². The van der Waals surface area contributed by atoms with E-state index in [-0.39, 0.29) is 40.7 Å². The Morgan fingerprint density at radius 1 is 0.739 bits per heavy atom. The van der Waals surface area contributed by atoms with Crippen molar-refractivity contribution in [2.75, 3.05) is 0 Å². The summed E-state index contributed by atoms with van der Waals surface area (Å²) in [7, 11) is 0. The topological polar surface area (TPSA) is 65.2 Å². The van der Waals surface area contributed by atoms with Gasteiger partial charge in [0, 0.05) is 40.6 Å². The minimum atomic E-state index is -0.0401. The summed E-state index contributed by atoms with van der Waals surface area (Å²) in [4.78, 5) is 8.86. The third-order valence-corrected chi connectivity index (χ3v) is 3.47. The second-order valence-corrected chi connectivity index (χ2v) is 5.16. The van der Waals surface area contributed by atoms with Crippen LogP contribution in [-0.2, 0) is 17.1 Å².